The first-order valence-electron chi connectivity index (χ1n) is 9.30. The molecular formula is C20H25N3O8S. The number of nitro groups is 1. The van der Waals surface area contributed by atoms with Gasteiger partial charge in [-0.05, 0) is 30.2 Å². The molecule has 0 saturated carbocycles. The third-order valence-electron chi connectivity index (χ3n) is 4.57. The number of nitrogens with zero attached hydrogens (tertiary/aromatic N) is 2. The molecule has 1 N–H and O–H groups in total. The molecule has 0 aliphatic heterocycles. The van der Waals surface area contributed by atoms with E-state index in [0.29, 0.717) is 28.4 Å². The van der Waals surface area contributed by atoms with Crippen LogP contribution in [0.15, 0.2) is 30.3 Å². The molecule has 1 amide bonds. The van der Waals surface area contributed by atoms with Crippen molar-refractivity contribution in [3.05, 3.63) is 51.6 Å². The Bertz CT molecular complexity index is 1090. The molecule has 11 nitrogen and oxygen atoms in total. The van der Waals surface area contributed by atoms with Gasteiger partial charge in [-0.1, -0.05) is 6.07 Å². The number of rotatable bonds is 10. The predicted octanol–water partition coefficient (Wildman–Crippen LogP) is 2.01. The average Bonchev–Trinajstić information content (AvgIpc) is 2.74. The molecule has 32 heavy (non-hydrogen) atoms. The summed E-state index contributed by atoms with van der Waals surface area (Å²) < 4.78 is 41.3. The number of sulfonamides is 1. The van der Waals surface area contributed by atoms with Crippen molar-refractivity contribution < 1.29 is 32.3 Å². The van der Waals surface area contributed by atoms with Gasteiger partial charge in [0.15, 0.2) is 11.5 Å². The number of non-ortho nitro benzene ring substituents is 1. The minimum absolute atomic E-state index is 0.0566. The normalized spacial score (nSPS) is 10.9. The SMILES string of the molecule is COc1cc(CNC(=O)CN(c2cc([N+](=O)[O-])ccc2C)S(C)(=O)=O)cc(OC)c1OC. The summed E-state index contributed by atoms with van der Waals surface area (Å²) >= 11 is 0. The third-order valence-corrected chi connectivity index (χ3v) is 5.70. The molecule has 0 atom stereocenters. The van der Waals surface area contributed by atoms with Gasteiger partial charge in [-0.15, -0.1) is 0 Å². The molecule has 2 aromatic carbocycles. The Labute approximate surface area is 186 Å². The quantitative estimate of drug-likeness (QED) is 0.414. The van der Waals surface area contributed by atoms with Gasteiger partial charge >= 0.3 is 0 Å². The highest BCUT2D eigenvalue weighted by molar-refractivity contribution is 7.92. The number of carbonyl (C=O) groups excluding carboxylic acids is 1. The highest BCUT2D eigenvalue weighted by Gasteiger charge is 2.24. The highest BCUT2D eigenvalue weighted by Crippen LogP contribution is 2.38. The van der Waals surface area contributed by atoms with Crippen molar-refractivity contribution in [2.75, 3.05) is 38.4 Å². The largest absolute Gasteiger partial charge is 0.493 e. The average molecular weight is 468 g/mol. The lowest BCUT2D eigenvalue weighted by atomic mass is 10.1. The van der Waals surface area contributed by atoms with E-state index in [4.69, 9.17) is 14.2 Å². The molecule has 0 spiro atoms. The molecule has 0 heterocycles. The van der Waals surface area contributed by atoms with E-state index in [2.05, 4.69) is 5.32 Å². The van der Waals surface area contributed by atoms with Gasteiger partial charge in [0, 0.05) is 18.7 Å². The summed E-state index contributed by atoms with van der Waals surface area (Å²) in [5.41, 5.74) is 0.880. The number of nitrogens with one attached hydrogen (secondary N) is 1. The van der Waals surface area contributed by atoms with Crippen LogP contribution in [0.2, 0.25) is 0 Å². The zero-order valence-electron chi connectivity index (χ0n) is 18.4. The second kappa shape index (κ2) is 10.2. The maximum atomic E-state index is 12.6. The van der Waals surface area contributed by atoms with Crippen LogP contribution in [0, 0.1) is 17.0 Å². The molecule has 0 saturated heterocycles. The minimum atomic E-state index is -3.90. The highest BCUT2D eigenvalue weighted by atomic mass is 32.2. The molecular weight excluding hydrogens is 442 g/mol. The molecule has 0 bridgehead atoms. The van der Waals surface area contributed by atoms with E-state index in [1.54, 1.807) is 19.1 Å². The zero-order valence-corrected chi connectivity index (χ0v) is 19.2. The van der Waals surface area contributed by atoms with Crippen molar-refractivity contribution in [3.8, 4) is 17.2 Å². The fourth-order valence-electron chi connectivity index (χ4n) is 2.99. The molecule has 0 aliphatic rings. The van der Waals surface area contributed by atoms with Crippen LogP contribution in [-0.2, 0) is 21.4 Å². The number of carbonyl (C=O) groups is 1. The molecule has 0 fully saturated rings. The lowest BCUT2D eigenvalue weighted by molar-refractivity contribution is -0.384. The Morgan fingerprint density at radius 1 is 1.09 bits per heavy atom. The van der Waals surface area contributed by atoms with Crippen molar-refractivity contribution >= 4 is 27.3 Å². The maximum Gasteiger partial charge on any atom is 0.271 e. The fraction of sp³-hybridized carbons (Fsp3) is 0.350. The maximum absolute atomic E-state index is 12.6. The number of aryl methyl sites for hydroxylation is 1. The number of methoxy groups -OCH3 is 3. The van der Waals surface area contributed by atoms with Crippen LogP contribution in [0.25, 0.3) is 0 Å². The van der Waals surface area contributed by atoms with Gasteiger partial charge < -0.3 is 19.5 Å². The molecule has 0 unspecified atom stereocenters. The van der Waals surface area contributed by atoms with E-state index in [1.165, 1.54) is 33.5 Å². The number of hydrogen-bond donors (Lipinski definition) is 1. The lowest BCUT2D eigenvalue weighted by Crippen LogP contribution is -2.40. The van der Waals surface area contributed by atoms with E-state index >= 15 is 0 Å². The molecule has 0 radical (unpaired) electrons. The second-order valence-corrected chi connectivity index (χ2v) is 8.71. The third kappa shape index (κ3) is 5.78. The van der Waals surface area contributed by atoms with Gasteiger partial charge in [0.2, 0.25) is 21.7 Å². The fourth-order valence-corrected chi connectivity index (χ4v) is 3.89. The summed E-state index contributed by atoms with van der Waals surface area (Å²) in [6, 6.07) is 7.13. The van der Waals surface area contributed by atoms with Crippen LogP contribution in [0.1, 0.15) is 11.1 Å². The first-order valence-corrected chi connectivity index (χ1v) is 11.1. The Morgan fingerprint density at radius 3 is 2.16 bits per heavy atom. The molecule has 2 rings (SSSR count). The molecule has 2 aromatic rings. The van der Waals surface area contributed by atoms with E-state index in [1.807, 2.05) is 0 Å². The second-order valence-electron chi connectivity index (χ2n) is 6.81. The molecule has 12 heteroatoms. The lowest BCUT2D eigenvalue weighted by Gasteiger charge is -2.23. The monoisotopic (exact) mass is 467 g/mol. The summed E-state index contributed by atoms with van der Waals surface area (Å²) in [7, 11) is 0.498. The number of nitro benzene ring substituents is 1. The van der Waals surface area contributed by atoms with Gasteiger partial charge in [-0.25, -0.2) is 8.42 Å². The van der Waals surface area contributed by atoms with Crippen LogP contribution in [-0.4, -0.2) is 53.4 Å². The summed E-state index contributed by atoms with van der Waals surface area (Å²) in [5.74, 6) is 0.603. The predicted molar refractivity (Wildman–Crippen MR) is 118 cm³/mol. The Hall–Kier alpha value is -3.54. The van der Waals surface area contributed by atoms with E-state index in [9.17, 15) is 23.3 Å². The standard InChI is InChI=1S/C20H25N3O8S/c1-13-6-7-15(23(25)26)10-16(13)22(32(5,27)28)12-19(24)21-11-14-8-17(29-2)20(31-4)18(9-14)30-3/h6-10H,11-12H2,1-5H3,(H,21,24). The van der Waals surface area contributed by atoms with Crippen molar-refractivity contribution in [2.45, 2.75) is 13.5 Å². The zero-order chi connectivity index (χ0) is 24.1. The van der Waals surface area contributed by atoms with Crippen molar-refractivity contribution in [1.82, 2.24) is 5.32 Å². The first kappa shape index (κ1) is 24.7. The van der Waals surface area contributed by atoms with E-state index in [0.717, 1.165) is 16.6 Å². The van der Waals surface area contributed by atoms with Crippen LogP contribution in [0.4, 0.5) is 11.4 Å². The van der Waals surface area contributed by atoms with Gasteiger partial charge in [0.05, 0.1) is 38.2 Å². The first-order chi connectivity index (χ1) is 15.0. The summed E-state index contributed by atoms with van der Waals surface area (Å²) in [6.07, 6.45) is 0.928. The number of hydrogen-bond acceptors (Lipinski definition) is 8. The van der Waals surface area contributed by atoms with Crippen molar-refractivity contribution in [2.24, 2.45) is 0 Å². The number of benzene rings is 2. The van der Waals surface area contributed by atoms with E-state index < -0.39 is 27.4 Å². The summed E-state index contributed by atoms with van der Waals surface area (Å²) in [4.78, 5) is 23.0. The van der Waals surface area contributed by atoms with E-state index in [-0.39, 0.29) is 17.9 Å². The molecule has 0 aliphatic carbocycles. The van der Waals surface area contributed by atoms with Crippen LogP contribution in [0.5, 0.6) is 17.2 Å². The van der Waals surface area contributed by atoms with Gasteiger partial charge in [0.25, 0.3) is 5.69 Å². The minimum Gasteiger partial charge on any atom is -0.493 e. The number of ether oxygens (including phenoxy) is 3. The molecule has 174 valence electrons. The molecule has 0 aromatic heterocycles. The smallest absolute Gasteiger partial charge is 0.271 e. The number of anilines is 1. The van der Waals surface area contributed by atoms with Gasteiger partial charge in [-0.2, -0.15) is 0 Å². The van der Waals surface area contributed by atoms with Crippen molar-refractivity contribution in [1.29, 1.82) is 0 Å². The van der Waals surface area contributed by atoms with Crippen molar-refractivity contribution in [3.63, 3.8) is 0 Å². The van der Waals surface area contributed by atoms with Crippen LogP contribution < -0.4 is 23.8 Å². The summed E-state index contributed by atoms with van der Waals surface area (Å²) in [5, 5.41) is 13.7. The van der Waals surface area contributed by atoms with Crippen LogP contribution >= 0.6 is 0 Å². The Kier molecular flexibility index (Phi) is 7.87. The van der Waals surface area contributed by atoms with Gasteiger partial charge in [0.1, 0.15) is 6.54 Å². The van der Waals surface area contributed by atoms with Crippen LogP contribution in [0.3, 0.4) is 0 Å². The van der Waals surface area contributed by atoms with Gasteiger partial charge in [-0.3, -0.25) is 19.2 Å². The topological polar surface area (TPSA) is 137 Å². The number of amides is 1. The Balaban J connectivity index is 2.25. The Morgan fingerprint density at radius 2 is 1.69 bits per heavy atom. The summed E-state index contributed by atoms with van der Waals surface area (Å²) in [6.45, 7) is 1.11.